The molecule has 5 rings (SSSR count). The molecule has 4 heterocycles. The van der Waals surface area contributed by atoms with E-state index in [0.29, 0.717) is 13.2 Å². The van der Waals surface area contributed by atoms with E-state index >= 15 is 0 Å². The molecular weight excluding hydrogens is 448 g/mol. The van der Waals surface area contributed by atoms with Crippen LogP contribution in [0.15, 0.2) is 30.6 Å². The highest BCUT2D eigenvalue weighted by atomic mass is 32.1. The number of thiophene rings is 1. The van der Waals surface area contributed by atoms with E-state index in [4.69, 9.17) is 9.72 Å². The second kappa shape index (κ2) is 9.24. The van der Waals surface area contributed by atoms with Crippen LogP contribution in [0, 0.1) is 18.8 Å². The number of fused-ring (bicyclic) bond motifs is 3. The molecule has 2 atom stereocenters. The number of anilines is 1. The number of aliphatic hydroxyl groups is 1. The minimum atomic E-state index is 0.0319. The molecule has 1 aliphatic heterocycles. The number of carbonyl (C=O) groups is 1. The average molecular weight is 481 g/mol. The van der Waals surface area contributed by atoms with E-state index in [2.05, 4.69) is 31.0 Å². The van der Waals surface area contributed by atoms with E-state index in [-0.39, 0.29) is 36.6 Å². The maximum Gasteiger partial charge on any atom is 0.324 e. The summed E-state index contributed by atoms with van der Waals surface area (Å²) in [5.41, 5.74) is 4.15. The standard InChI is InChI=1S/C26H32N4O3S/c1-15-9-20(10-16(2)24(15)33-8-7-31)30-23-19(14-29(4)26(30)32)13-28-25-21(23)11-22(34-25)18-6-5-17(3)27-12-18/h5-6,11-13,15-16,20,24,31H,7-10,14H2,1-4H3. The normalized spacial score (nSPS) is 25.1. The second-order valence-corrected chi connectivity index (χ2v) is 10.8. The van der Waals surface area contributed by atoms with E-state index in [1.54, 1.807) is 16.2 Å². The van der Waals surface area contributed by atoms with Crippen LogP contribution >= 0.6 is 11.3 Å². The Hall–Kier alpha value is -2.55. The van der Waals surface area contributed by atoms with Crippen LogP contribution in [0.2, 0.25) is 0 Å². The molecule has 1 N–H and O–H groups in total. The fourth-order valence-electron chi connectivity index (χ4n) is 5.63. The van der Waals surface area contributed by atoms with E-state index in [1.165, 1.54) is 0 Å². The lowest BCUT2D eigenvalue weighted by Gasteiger charge is -2.46. The van der Waals surface area contributed by atoms with E-state index < -0.39 is 0 Å². The van der Waals surface area contributed by atoms with Crippen LogP contribution in [0.1, 0.15) is 37.9 Å². The quantitative estimate of drug-likeness (QED) is 0.565. The van der Waals surface area contributed by atoms with Crippen molar-refractivity contribution in [2.75, 3.05) is 25.2 Å². The Balaban J connectivity index is 1.55. The van der Waals surface area contributed by atoms with Gasteiger partial charge in [-0.3, -0.25) is 9.88 Å². The summed E-state index contributed by atoms with van der Waals surface area (Å²) in [6.45, 7) is 7.32. The molecule has 0 radical (unpaired) electrons. The molecular formula is C26H32N4O3S. The molecule has 34 heavy (non-hydrogen) atoms. The summed E-state index contributed by atoms with van der Waals surface area (Å²) in [5, 5.41) is 10.2. The SMILES string of the molecule is Cc1ccc(-c2cc3c4c(cnc3s2)CN(C)C(=O)N4C2CC(C)C(OCCO)C(C)C2)cn1. The number of aromatic nitrogens is 2. The first-order valence-electron chi connectivity index (χ1n) is 12.0. The maximum atomic E-state index is 13.6. The number of pyridine rings is 2. The number of amides is 2. The summed E-state index contributed by atoms with van der Waals surface area (Å²) in [5.74, 6) is 0.579. The van der Waals surface area contributed by atoms with Crippen molar-refractivity contribution in [1.29, 1.82) is 0 Å². The van der Waals surface area contributed by atoms with Crippen molar-refractivity contribution in [3.8, 4) is 10.4 Å². The Kier molecular flexibility index (Phi) is 6.31. The third-order valence-corrected chi connectivity index (χ3v) is 8.25. The fourth-order valence-corrected chi connectivity index (χ4v) is 6.62. The van der Waals surface area contributed by atoms with Gasteiger partial charge in [0.2, 0.25) is 0 Å². The molecule has 0 bridgehead atoms. The summed E-state index contributed by atoms with van der Waals surface area (Å²) >= 11 is 1.64. The van der Waals surface area contributed by atoms with Gasteiger partial charge in [0.1, 0.15) is 4.83 Å². The minimum Gasteiger partial charge on any atom is -0.394 e. The first-order chi connectivity index (χ1) is 16.4. The lowest BCUT2D eigenvalue weighted by Crippen LogP contribution is -2.54. The number of ether oxygens (including phenoxy) is 1. The van der Waals surface area contributed by atoms with Crippen LogP contribution in [-0.2, 0) is 11.3 Å². The molecule has 3 aromatic heterocycles. The first kappa shape index (κ1) is 23.2. The van der Waals surface area contributed by atoms with Crippen molar-refractivity contribution in [3.05, 3.63) is 41.9 Å². The van der Waals surface area contributed by atoms with Crippen LogP contribution in [-0.4, -0.2) is 58.4 Å². The molecule has 1 fully saturated rings. The van der Waals surface area contributed by atoms with Gasteiger partial charge in [-0.2, -0.15) is 0 Å². The van der Waals surface area contributed by atoms with E-state index in [9.17, 15) is 9.90 Å². The molecule has 2 amide bonds. The highest BCUT2D eigenvalue weighted by molar-refractivity contribution is 7.21. The zero-order chi connectivity index (χ0) is 24.0. The van der Waals surface area contributed by atoms with Crippen molar-refractivity contribution in [2.45, 2.75) is 52.3 Å². The average Bonchev–Trinajstić information content (AvgIpc) is 3.24. The number of carbonyl (C=O) groups excluding carboxylic acids is 1. The Morgan fingerprint density at radius 2 is 1.94 bits per heavy atom. The van der Waals surface area contributed by atoms with E-state index in [0.717, 1.165) is 50.4 Å². The van der Waals surface area contributed by atoms with Gasteiger partial charge in [-0.05, 0) is 43.7 Å². The zero-order valence-corrected chi connectivity index (χ0v) is 21.0. The largest absolute Gasteiger partial charge is 0.394 e. The minimum absolute atomic E-state index is 0.0319. The van der Waals surface area contributed by atoms with Crippen molar-refractivity contribution >= 4 is 33.3 Å². The number of aryl methyl sites for hydroxylation is 1. The molecule has 1 aliphatic carbocycles. The Bertz CT molecular complexity index is 1180. The van der Waals surface area contributed by atoms with Crippen molar-refractivity contribution in [2.24, 2.45) is 11.8 Å². The summed E-state index contributed by atoms with van der Waals surface area (Å²) in [4.78, 5) is 28.7. The van der Waals surface area contributed by atoms with E-state index in [1.807, 2.05) is 37.3 Å². The molecule has 0 aromatic carbocycles. The van der Waals surface area contributed by atoms with Crippen molar-refractivity contribution < 1.29 is 14.6 Å². The van der Waals surface area contributed by atoms with Gasteiger partial charge in [-0.25, -0.2) is 9.78 Å². The third kappa shape index (κ3) is 4.08. The molecule has 2 aliphatic rings. The Morgan fingerprint density at radius 3 is 2.62 bits per heavy atom. The molecule has 2 unspecified atom stereocenters. The molecule has 7 nitrogen and oxygen atoms in total. The van der Waals surface area contributed by atoms with Gasteiger partial charge in [0, 0.05) is 52.6 Å². The molecule has 8 heteroatoms. The second-order valence-electron chi connectivity index (χ2n) is 9.80. The molecule has 0 spiro atoms. The number of hydrogen-bond donors (Lipinski definition) is 1. The molecule has 3 aromatic rings. The number of urea groups is 1. The van der Waals surface area contributed by atoms with Gasteiger partial charge >= 0.3 is 6.03 Å². The predicted octanol–water partition coefficient (Wildman–Crippen LogP) is 4.85. The molecule has 0 saturated heterocycles. The van der Waals surface area contributed by atoms with Gasteiger partial charge in [0.05, 0.1) is 31.5 Å². The number of rotatable bonds is 5. The van der Waals surface area contributed by atoms with Crippen LogP contribution in [0.3, 0.4) is 0 Å². The van der Waals surface area contributed by atoms with Gasteiger partial charge < -0.3 is 14.7 Å². The Labute approximate surface area is 204 Å². The van der Waals surface area contributed by atoms with Gasteiger partial charge in [0.25, 0.3) is 0 Å². The molecule has 180 valence electrons. The third-order valence-electron chi connectivity index (χ3n) is 7.16. The highest BCUT2D eigenvalue weighted by Gasteiger charge is 2.42. The summed E-state index contributed by atoms with van der Waals surface area (Å²) in [7, 11) is 1.86. The lowest BCUT2D eigenvalue weighted by atomic mass is 9.77. The van der Waals surface area contributed by atoms with Gasteiger partial charge in [-0.1, -0.05) is 19.9 Å². The number of hydrogen-bond acceptors (Lipinski definition) is 6. The lowest BCUT2D eigenvalue weighted by molar-refractivity contribution is -0.0527. The van der Waals surface area contributed by atoms with Crippen LogP contribution in [0.25, 0.3) is 20.7 Å². The zero-order valence-electron chi connectivity index (χ0n) is 20.2. The monoisotopic (exact) mass is 480 g/mol. The molecule has 1 saturated carbocycles. The smallest absolute Gasteiger partial charge is 0.324 e. The number of nitrogens with zero attached hydrogens (tertiary/aromatic N) is 4. The van der Waals surface area contributed by atoms with Crippen LogP contribution < -0.4 is 4.90 Å². The summed E-state index contributed by atoms with van der Waals surface area (Å²) in [6, 6.07) is 6.42. The van der Waals surface area contributed by atoms with Gasteiger partial charge in [0.15, 0.2) is 0 Å². The highest BCUT2D eigenvalue weighted by Crippen LogP contribution is 2.44. The first-order valence-corrected chi connectivity index (χ1v) is 12.8. The van der Waals surface area contributed by atoms with Crippen molar-refractivity contribution in [3.63, 3.8) is 0 Å². The van der Waals surface area contributed by atoms with Crippen LogP contribution in [0.4, 0.5) is 10.5 Å². The number of aliphatic hydroxyl groups excluding tert-OH is 1. The fraction of sp³-hybridized carbons (Fsp3) is 0.500. The van der Waals surface area contributed by atoms with Gasteiger partial charge in [-0.15, -0.1) is 11.3 Å². The Morgan fingerprint density at radius 1 is 1.18 bits per heavy atom. The predicted molar refractivity (Wildman–Crippen MR) is 135 cm³/mol. The maximum absolute atomic E-state index is 13.6. The van der Waals surface area contributed by atoms with Crippen LogP contribution in [0.5, 0.6) is 0 Å². The summed E-state index contributed by atoms with van der Waals surface area (Å²) in [6.07, 6.45) is 5.66. The summed E-state index contributed by atoms with van der Waals surface area (Å²) < 4.78 is 5.96. The van der Waals surface area contributed by atoms with Crippen molar-refractivity contribution in [1.82, 2.24) is 14.9 Å². The topological polar surface area (TPSA) is 78.8 Å².